The molecule has 0 saturated carbocycles. The Hall–Kier alpha value is -3.34. The first-order valence-electron chi connectivity index (χ1n) is 7.43. The third-order valence-electron chi connectivity index (χ3n) is 3.55. The first kappa shape index (κ1) is 14.3. The van der Waals surface area contributed by atoms with E-state index in [1.165, 1.54) is 0 Å². The lowest BCUT2D eigenvalue weighted by atomic mass is 10.1. The maximum atomic E-state index is 11.9. The number of hydrogen-bond acceptors (Lipinski definition) is 5. The van der Waals surface area contributed by atoms with E-state index < -0.39 is 5.97 Å². The Labute approximate surface area is 138 Å². The van der Waals surface area contributed by atoms with E-state index >= 15 is 0 Å². The summed E-state index contributed by atoms with van der Waals surface area (Å²) < 4.78 is 15.7. The van der Waals surface area contributed by atoms with Crippen molar-refractivity contribution in [2.75, 3.05) is 6.79 Å². The number of nitrogens with zero attached hydrogens (tertiary/aromatic N) is 1. The molecule has 5 nitrogen and oxygen atoms in total. The van der Waals surface area contributed by atoms with E-state index in [1.807, 2.05) is 42.5 Å². The Morgan fingerprint density at radius 3 is 2.62 bits per heavy atom. The predicted octanol–water partition coefficient (Wildman–Crippen LogP) is 3.42. The summed E-state index contributed by atoms with van der Waals surface area (Å²) in [6.45, 7) is 0.212. The van der Waals surface area contributed by atoms with Gasteiger partial charge in [-0.25, -0.2) is 9.79 Å². The van der Waals surface area contributed by atoms with Crippen molar-refractivity contribution >= 4 is 24.0 Å². The van der Waals surface area contributed by atoms with Crippen LogP contribution in [0.4, 0.5) is 0 Å². The summed E-state index contributed by atoms with van der Waals surface area (Å²) in [6, 6.07) is 15.2. The monoisotopic (exact) mass is 319 g/mol. The zero-order valence-corrected chi connectivity index (χ0v) is 12.6. The van der Waals surface area contributed by atoms with Crippen molar-refractivity contribution in [2.24, 2.45) is 4.99 Å². The average Bonchev–Trinajstić information content (AvgIpc) is 3.20. The number of rotatable bonds is 3. The predicted molar refractivity (Wildman–Crippen MR) is 89.5 cm³/mol. The minimum absolute atomic E-state index is 0.212. The fraction of sp³-hybridized carbons (Fsp3) is 0.0526. The van der Waals surface area contributed by atoms with Crippen LogP contribution in [-0.2, 0) is 9.53 Å². The average molecular weight is 319 g/mol. The molecule has 0 spiro atoms. The minimum Gasteiger partial charge on any atom is -0.454 e. The van der Waals surface area contributed by atoms with Crippen LogP contribution in [0.5, 0.6) is 11.5 Å². The van der Waals surface area contributed by atoms with Gasteiger partial charge in [0.25, 0.3) is 0 Å². The van der Waals surface area contributed by atoms with Gasteiger partial charge in [-0.05, 0) is 35.4 Å². The molecule has 0 bridgehead atoms. The van der Waals surface area contributed by atoms with Crippen LogP contribution in [0, 0.1) is 0 Å². The molecule has 0 amide bonds. The highest BCUT2D eigenvalue weighted by molar-refractivity contribution is 6.11. The molecule has 0 aromatic heterocycles. The molecule has 0 unspecified atom stereocenters. The highest BCUT2D eigenvalue weighted by Gasteiger charge is 2.21. The van der Waals surface area contributed by atoms with Gasteiger partial charge in [-0.1, -0.05) is 36.4 Å². The highest BCUT2D eigenvalue weighted by Crippen LogP contribution is 2.33. The molecular formula is C19H13NO4. The summed E-state index contributed by atoms with van der Waals surface area (Å²) in [5.74, 6) is 1.15. The number of hydrogen-bond donors (Lipinski definition) is 0. The van der Waals surface area contributed by atoms with Gasteiger partial charge < -0.3 is 14.2 Å². The number of fused-ring (bicyclic) bond motifs is 1. The molecule has 2 aliphatic rings. The Morgan fingerprint density at radius 1 is 0.917 bits per heavy atom. The van der Waals surface area contributed by atoms with Crippen molar-refractivity contribution in [3.05, 3.63) is 71.4 Å². The Bertz CT molecular complexity index is 881. The summed E-state index contributed by atoms with van der Waals surface area (Å²) >= 11 is 0. The van der Waals surface area contributed by atoms with Crippen molar-refractivity contribution in [3.63, 3.8) is 0 Å². The molecule has 24 heavy (non-hydrogen) atoms. The summed E-state index contributed by atoms with van der Waals surface area (Å²) in [6.07, 6.45) is 5.18. The van der Waals surface area contributed by atoms with Crippen LogP contribution in [-0.4, -0.2) is 18.7 Å². The topological polar surface area (TPSA) is 57.1 Å². The molecule has 0 atom stereocenters. The molecule has 2 aliphatic heterocycles. The Kier molecular flexibility index (Phi) is 3.59. The molecular weight excluding hydrogens is 306 g/mol. The molecule has 2 aromatic carbocycles. The lowest BCUT2D eigenvalue weighted by Gasteiger charge is -1.97. The van der Waals surface area contributed by atoms with Crippen LogP contribution in [0.2, 0.25) is 0 Å². The van der Waals surface area contributed by atoms with Crippen LogP contribution in [0.3, 0.4) is 0 Å². The van der Waals surface area contributed by atoms with E-state index in [0.29, 0.717) is 11.5 Å². The lowest BCUT2D eigenvalue weighted by Crippen LogP contribution is -2.01. The molecule has 4 rings (SSSR count). The Balaban J connectivity index is 1.56. The normalized spacial score (nSPS) is 17.4. The van der Waals surface area contributed by atoms with Crippen LogP contribution in [0.15, 0.2) is 65.3 Å². The molecule has 0 saturated heterocycles. The van der Waals surface area contributed by atoms with Crippen LogP contribution >= 0.6 is 0 Å². The van der Waals surface area contributed by atoms with Gasteiger partial charge >= 0.3 is 5.97 Å². The number of carbonyl (C=O) groups excluding carboxylic acids is 1. The largest absolute Gasteiger partial charge is 0.454 e. The van der Waals surface area contributed by atoms with E-state index in [-0.39, 0.29) is 18.4 Å². The third kappa shape index (κ3) is 2.92. The third-order valence-corrected chi connectivity index (χ3v) is 3.55. The summed E-state index contributed by atoms with van der Waals surface area (Å²) in [4.78, 5) is 16.2. The number of benzene rings is 2. The second-order valence-corrected chi connectivity index (χ2v) is 5.23. The quantitative estimate of drug-likeness (QED) is 0.642. The van der Waals surface area contributed by atoms with Gasteiger partial charge in [0.1, 0.15) is 0 Å². The van der Waals surface area contributed by atoms with Crippen molar-refractivity contribution in [2.45, 2.75) is 0 Å². The molecule has 0 aliphatic carbocycles. The number of aliphatic imine (C=N–C) groups is 1. The molecule has 5 heteroatoms. The van der Waals surface area contributed by atoms with Gasteiger partial charge in [-0.3, -0.25) is 0 Å². The maximum Gasteiger partial charge on any atom is 0.363 e. The van der Waals surface area contributed by atoms with Gasteiger partial charge in [-0.2, -0.15) is 0 Å². The Morgan fingerprint density at radius 2 is 1.75 bits per heavy atom. The summed E-state index contributed by atoms with van der Waals surface area (Å²) in [5.41, 5.74) is 2.05. The summed E-state index contributed by atoms with van der Waals surface area (Å²) in [7, 11) is 0. The van der Waals surface area contributed by atoms with E-state index in [0.717, 1.165) is 11.1 Å². The fourth-order valence-corrected chi connectivity index (χ4v) is 2.39. The maximum absolute atomic E-state index is 11.9. The molecule has 0 fully saturated rings. The van der Waals surface area contributed by atoms with E-state index in [4.69, 9.17) is 14.2 Å². The zero-order chi connectivity index (χ0) is 16.4. The van der Waals surface area contributed by atoms with E-state index in [1.54, 1.807) is 24.3 Å². The standard InChI is InChI=1S/C19H13NO4/c21-19-15(10-14-6-8-16-17(11-14)23-12-22-16)20-18(24-19)9-7-13-4-2-1-3-5-13/h1-11H,12H2. The van der Waals surface area contributed by atoms with Crippen LogP contribution in [0.25, 0.3) is 12.2 Å². The van der Waals surface area contributed by atoms with E-state index in [2.05, 4.69) is 4.99 Å². The van der Waals surface area contributed by atoms with Crippen molar-refractivity contribution in [1.82, 2.24) is 0 Å². The van der Waals surface area contributed by atoms with Crippen LogP contribution in [0.1, 0.15) is 11.1 Å². The minimum atomic E-state index is -0.472. The lowest BCUT2D eigenvalue weighted by molar-refractivity contribution is -0.129. The van der Waals surface area contributed by atoms with Gasteiger partial charge in [0.15, 0.2) is 17.2 Å². The number of ether oxygens (including phenoxy) is 3. The van der Waals surface area contributed by atoms with Gasteiger partial charge in [-0.15, -0.1) is 0 Å². The molecule has 0 N–H and O–H groups in total. The zero-order valence-electron chi connectivity index (χ0n) is 12.6. The van der Waals surface area contributed by atoms with Crippen molar-refractivity contribution in [3.8, 4) is 11.5 Å². The second-order valence-electron chi connectivity index (χ2n) is 5.23. The SMILES string of the molecule is O=C1OC(C=Cc2ccccc2)=NC1=Cc1ccc2c(c1)OCO2. The van der Waals surface area contributed by atoms with Crippen molar-refractivity contribution in [1.29, 1.82) is 0 Å². The van der Waals surface area contributed by atoms with Gasteiger partial charge in [0, 0.05) is 6.08 Å². The summed E-state index contributed by atoms with van der Waals surface area (Å²) in [5, 5.41) is 0. The fourth-order valence-electron chi connectivity index (χ4n) is 2.39. The van der Waals surface area contributed by atoms with Gasteiger partial charge in [0.2, 0.25) is 12.7 Å². The first-order chi connectivity index (χ1) is 11.8. The van der Waals surface area contributed by atoms with E-state index in [9.17, 15) is 4.79 Å². The first-order valence-corrected chi connectivity index (χ1v) is 7.43. The highest BCUT2D eigenvalue weighted by atomic mass is 16.7. The van der Waals surface area contributed by atoms with Crippen molar-refractivity contribution < 1.29 is 19.0 Å². The second kappa shape index (κ2) is 6.04. The molecule has 0 radical (unpaired) electrons. The molecule has 2 aromatic rings. The molecule has 118 valence electrons. The van der Waals surface area contributed by atoms with Gasteiger partial charge in [0.05, 0.1) is 0 Å². The number of carbonyl (C=O) groups is 1. The number of esters is 1. The molecule has 2 heterocycles. The van der Waals surface area contributed by atoms with Crippen LogP contribution < -0.4 is 9.47 Å². The number of cyclic esters (lactones) is 1. The smallest absolute Gasteiger partial charge is 0.363 e.